The minimum atomic E-state index is -0.106. The number of benzene rings is 1. The predicted octanol–water partition coefficient (Wildman–Crippen LogP) is 2.76. The van der Waals surface area contributed by atoms with Crippen molar-refractivity contribution in [3.8, 4) is 5.75 Å². The molecule has 1 aromatic heterocycles. The zero-order valence-corrected chi connectivity index (χ0v) is 14.5. The molecule has 2 rings (SSSR count). The standard InChI is InChI=1S/C18H22N2O3S/c1-14-6-2-3-7-15(14)23-12-4-9-17(21)19-10-11-20-18(22)16-8-5-13-24-16/h2-3,5-8,13H,4,9-12H2,1H3,(H,19,21)(H,20,22). The van der Waals surface area contributed by atoms with Crippen LogP contribution in [0.25, 0.3) is 0 Å². The Morgan fingerprint density at radius 1 is 1.08 bits per heavy atom. The van der Waals surface area contributed by atoms with Crippen LogP contribution in [0.5, 0.6) is 5.75 Å². The number of para-hydroxylation sites is 1. The summed E-state index contributed by atoms with van der Waals surface area (Å²) in [4.78, 5) is 24.1. The molecule has 0 radical (unpaired) electrons. The van der Waals surface area contributed by atoms with E-state index in [-0.39, 0.29) is 11.8 Å². The van der Waals surface area contributed by atoms with E-state index in [1.54, 1.807) is 6.07 Å². The molecular weight excluding hydrogens is 324 g/mol. The van der Waals surface area contributed by atoms with Crippen molar-refractivity contribution < 1.29 is 14.3 Å². The number of nitrogens with one attached hydrogen (secondary N) is 2. The quantitative estimate of drug-likeness (QED) is 0.686. The van der Waals surface area contributed by atoms with Crippen LogP contribution in [0.1, 0.15) is 28.1 Å². The largest absolute Gasteiger partial charge is 0.493 e. The lowest BCUT2D eigenvalue weighted by Gasteiger charge is -2.09. The highest BCUT2D eigenvalue weighted by atomic mass is 32.1. The summed E-state index contributed by atoms with van der Waals surface area (Å²) < 4.78 is 5.65. The molecule has 5 nitrogen and oxygen atoms in total. The van der Waals surface area contributed by atoms with Crippen LogP contribution in [0.2, 0.25) is 0 Å². The van der Waals surface area contributed by atoms with Crippen LogP contribution in [0.15, 0.2) is 41.8 Å². The van der Waals surface area contributed by atoms with Gasteiger partial charge in [-0.25, -0.2) is 0 Å². The fourth-order valence-corrected chi connectivity index (χ4v) is 2.73. The molecule has 1 heterocycles. The van der Waals surface area contributed by atoms with Gasteiger partial charge in [-0.15, -0.1) is 11.3 Å². The Bertz CT molecular complexity index is 656. The first kappa shape index (κ1) is 18.0. The molecule has 2 N–H and O–H groups in total. The molecule has 0 aliphatic heterocycles. The van der Waals surface area contributed by atoms with Crippen LogP contribution in [0.3, 0.4) is 0 Å². The van der Waals surface area contributed by atoms with E-state index in [1.165, 1.54) is 11.3 Å². The van der Waals surface area contributed by atoms with Gasteiger partial charge in [0.2, 0.25) is 5.91 Å². The molecule has 0 atom stereocenters. The van der Waals surface area contributed by atoms with Crippen LogP contribution < -0.4 is 15.4 Å². The summed E-state index contributed by atoms with van der Waals surface area (Å²) in [5, 5.41) is 7.41. The summed E-state index contributed by atoms with van der Waals surface area (Å²) in [6.45, 7) is 3.34. The summed E-state index contributed by atoms with van der Waals surface area (Å²) in [6.07, 6.45) is 1.06. The zero-order valence-electron chi connectivity index (χ0n) is 13.7. The molecule has 0 fully saturated rings. The number of thiophene rings is 1. The van der Waals surface area contributed by atoms with E-state index in [0.717, 1.165) is 11.3 Å². The molecular formula is C18H22N2O3S. The summed E-state index contributed by atoms with van der Waals surface area (Å²) in [5.41, 5.74) is 1.09. The van der Waals surface area contributed by atoms with Gasteiger partial charge in [-0.2, -0.15) is 0 Å². The second-order valence-corrected chi connectivity index (χ2v) is 6.25. The number of aryl methyl sites for hydroxylation is 1. The number of carbonyl (C=O) groups excluding carboxylic acids is 2. The minimum Gasteiger partial charge on any atom is -0.493 e. The van der Waals surface area contributed by atoms with Crippen LogP contribution in [-0.4, -0.2) is 31.5 Å². The molecule has 2 amide bonds. The van der Waals surface area contributed by atoms with Gasteiger partial charge in [-0.3, -0.25) is 9.59 Å². The van der Waals surface area contributed by atoms with Crippen LogP contribution >= 0.6 is 11.3 Å². The molecule has 6 heteroatoms. The van der Waals surface area contributed by atoms with Crippen molar-refractivity contribution >= 4 is 23.2 Å². The first-order valence-electron chi connectivity index (χ1n) is 7.93. The SMILES string of the molecule is Cc1ccccc1OCCCC(=O)NCCNC(=O)c1cccs1. The Morgan fingerprint density at radius 3 is 2.62 bits per heavy atom. The van der Waals surface area contributed by atoms with Crippen molar-refractivity contribution in [2.75, 3.05) is 19.7 Å². The van der Waals surface area contributed by atoms with Gasteiger partial charge in [0.25, 0.3) is 5.91 Å². The van der Waals surface area contributed by atoms with Crippen molar-refractivity contribution in [2.45, 2.75) is 19.8 Å². The first-order chi connectivity index (χ1) is 11.7. The lowest BCUT2D eigenvalue weighted by atomic mass is 10.2. The minimum absolute atomic E-state index is 0.0336. The topological polar surface area (TPSA) is 67.4 Å². The molecule has 0 aliphatic rings. The summed E-state index contributed by atoms with van der Waals surface area (Å²) >= 11 is 1.39. The van der Waals surface area contributed by atoms with E-state index in [0.29, 0.717) is 37.4 Å². The van der Waals surface area contributed by atoms with Gasteiger partial charge < -0.3 is 15.4 Å². The van der Waals surface area contributed by atoms with Gasteiger partial charge in [-0.05, 0) is 36.4 Å². The zero-order chi connectivity index (χ0) is 17.2. The fourth-order valence-electron chi connectivity index (χ4n) is 2.09. The molecule has 0 bridgehead atoms. The van der Waals surface area contributed by atoms with E-state index in [9.17, 15) is 9.59 Å². The number of hydrogen-bond acceptors (Lipinski definition) is 4. The molecule has 0 unspecified atom stereocenters. The van der Waals surface area contributed by atoms with E-state index >= 15 is 0 Å². The molecule has 128 valence electrons. The number of hydrogen-bond donors (Lipinski definition) is 2. The Kier molecular flexibility index (Phi) is 7.29. The Labute approximate surface area is 146 Å². The van der Waals surface area contributed by atoms with Crippen LogP contribution in [0.4, 0.5) is 0 Å². The Hall–Kier alpha value is -2.34. The van der Waals surface area contributed by atoms with Gasteiger partial charge >= 0.3 is 0 Å². The highest BCUT2D eigenvalue weighted by Crippen LogP contribution is 2.16. The normalized spacial score (nSPS) is 10.2. The summed E-state index contributed by atoms with van der Waals surface area (Å²) in [7, 11) is 0. The van der Waals surface area contributed by atoms with Crippen LogP contribution in [-0.2, 0) is 4.79 Å². The molecule has 1 aromatic carbocycles. The first-order valence-corrected chi connectivity index (χ1v) is 8.81. The maximum Gasteiger partial charge on any atom is 0.261 e. The number of carbonyl (C=O) groups is 2. The van der Waals surface area contributed by atoms with E-state index < -0.39 is 0 Å². The smallest absolute Gasteiger partial charge is 0.261 e. The van der Waals surface area contributed by atoms with Gasteiger partial charge in [0.15, 0.2) is 0 Å². The van der Waals surface area contributed by atoms with Crippen molar-refractivity contribution in [1.29, 1.82) is 0 Å². The monoisotopic (exact) mass is 346 g/mol. The van der Waals surface area contributed by atoms with Crippen molar-refractivity contribution in [2.24, 2.45) is 0 Å². The number of rotatable bonds is 9. The molecule has 0 saturated carbocycles. The third kappa shape index (κ3) is 6.04. The molecule has 2 aromatic rings. The lowest BCUT2D eigenvalue weighted by Crippen LogP contribution is -2.34. The molecule has 24 heavy (non-hydrogen) atoms. The molecule has 0 saturated heterocycles. The Morgan fingerprint density at radius 2 is 1.88 bits per heavy atom. The third-order valence-corrected chi connectivity index (χ3v) is 4.25. The molecule has 0 aliphatic carbocycles. The number of amides is 2. The maximum absolute atomic E-state index is 11.7. The van der Waals surface area contributed by atoms with Crippen LogP contribution in [0, 0.1) is 6.92 Å². The van der Waals surface area contributed by atoms with E-state index in [4.69, 9.17) is 4.74 Å². The predicted molar refractivity (Wildman–Crippen MR) is 95.6 cm³/mol. The summed E-state index contributed by atoms with van der Waals surface area (Å²) in [6, 6.07) is 11.4. The third-order valence-electron chi connectivity index (χ3n) is 3.38. The van der Waals surface area contributed by atoms with Crippen molar-refractivity contribution in [3.05, 3.63) is 52.2 Å². The number of ether oxygens (including phenoxy) is 1. The average molecular weight is 346 g/mol. The van der Waals surface area contributed by atoms with Gasteiger partial charge in [0.05, 0.1) is 11.5 Å². The van der Waals surface area contributed by atoms with E-state index in [2.05, 4.69) is 10.6 Å². The second-order valence-electron chi connectivity index (χ2n) is 5.30. The highest BCUT2D eigenvalue weighted by molar-refractivity contribution is 7.12. The average Bonchev–Trinajstić information content (AvgIpc) is 3.11. The second kappa shape index (κ2) is 9.72. The maximum atomic E-state index is 11.7. The van der Waals surface area contributed by atoms with Gasteiger partial charge in [0.1, 0.15) is 5.75 Å². The fraction of sp³-hybridized carbons (Fsp3) is 0.333. The highest BCUT2D eigenvalue weighted by Gasteiger charge is 2.06. The van der Waals surface area contributed by atoms with Gasteiger partial charge in [-0.1, -0.05) is 24.3 Å². The summed E-state index contributed by atoms with van der Waals surface area (Å²) in [5.74, 6) is 0.717. The van der Waals surface area contributed by atoms with Gasteiger partial charge in [0, 0.05) is 19.5 Å². The lowest BCUT2D eigenvalue weighted by molar-refractivity contribution is -0.121. The molecule has 0 spiro atoms. The van der Waals surface area contributed by atoms with Crippen molar-refractivity contribution in [3.63, 3.8) is 0 Å². The van der Waals surface area contributed by atoms with Crippen molar-refractivity contribution in [1.82, 2.24) is 10.6 Å². The Balaban J connectivity index is 1.52. The van der Waals surface area contributed by atoms with E-state index in [1.807, 2.05) is 42.6 Å².